The topological polar surface area (TPSA) is 86.2 Å². The van der Waals surface area contributed by atoms with Crippen LogP contribution in [0.25, 0.3) is 10.2 Å². The Kier molecular flexibility index (Phi) is 4.62. The van der Waals surface area contributed by atoms with Crippen LogP contribution in [0.3, 0.4) is 0 Å². The Balaban J connectivity index is 1.63. The zero-order valence-electron chi connectivity index (χ0n) is 12.4. The second-order valence-corrected chi connectivity index (χ2v) is 5.48. The summed E-state index contributed by atoms with van der Waals surface area (Å²) in [6.07, 6.45) is 3.09. The number of anilines is 1. The number of rotatable bonds is 6. The summed E-state index contributed by atoms with van der Waals surface area (Å²) < 4.78 is 11.6. The number of ether oxygens (including phenoxy) is 2. The number of hydrogen-bond acceptors (Lipinski definition) is 7. The van der Waals surface area contributed by atoms with Crippen molar-refractivity contribution in [2.24, 2.45) is 0 Å². The number of fused-ring (bicyclic) bond motifs is 1. The van der Waals surface area contributed by atoms with Crippen LogP contribution in [0, 0.1) is 0 Å². The minimum Gasteiger partial charge on any atom is -0.494 e. The molecule has 0 bridgehead atoms. The van der Waals surface area contributed by atoms with Crippen molar-refractivity contribution in [3.05, 3.63) is 36.7 Å². The zero-order chi connectivity index (χ0) is 16.1. The number of amides is 1. The fourth-order valence-corrected chi connectivity index (χ4v) is 2.77. The van der Waals surface area contributed by atoms with E-state index >= 15 is 0 Å². The van der Waals surface area contributed by atoms with Crippen molar-refractivity contribution in [2.45, 2.75) is 6.92 Å². The Hall–Kier alpha value is -2.74. The van der Waals surface area contributed by atoms with Gasteiger partial charge >= 0.3 is 6.01 Å². The van der Waals surface area contributed by atoms with Crippen molar-refractivity contribution in [3.8, 4) is 11.8 Å². The highest BCUT2D eigenvalue weighted by molar-refractivity contribution is 7.22. The van der Waals surface area contributed by atoms with E-state index in [1.165, 1.54) is 11.3 Å². The van der Waals surface area contributed by atoms with Gasteiger partial charge in [-0.1, -0.05) is 11.3 Å². The van der Waals surface area contributed by atoms with Gasteiger partial charge in [-0.3, -0.25) is 10.1 Å². The summed E-state index contributed by atoms with van der Waals surface area (Å²) in [6, 6.07) is 7.45. The van der Waals surface area contributed by atoms with Gasteiger partial charge in [-0.2, -0.15) is 0 Å². The largest absolute Gasteiger partial charge is 0.494 e. The molecule has 0 spiro atoms. The third-order valence-electron chi connectivity index (χ3n) is 2.79. The van der Waals surface area contributed by atoms with Gasteiger partial charge in [-0.05, 0) is 31.2 Å². The first-order valence-corrected chi connectivity index (χ1v) is 7.79. The summed E-state index contributed by atoms with van der Waals surface area (Å²) in [5.74, 6) is 0.465. The fourth-order valence-electron chi connectivity index (χ4n) is 1.86. The van der Waals surface area contributed by atoms with Gasteiger partial charge in [0.15, 0.2) is 11.7 Å². The van der Waals surface area contributed by atoms with Crippen LogP contribution < -0.4 is 14.8 Å². The number of carbonyl (C=O) groups is 1. The van der Waals surface area contributed by atoms with Crippen molar-refractivity contribution in [2.75, 3.05) is 18.5 Å². The molecule has 1 aromatic carbocycles. The minimum absolute atomic E-state index is 0.160. The van der Waals surface area contributed by atoms with Gasteiger partial charge in [0, 0.05) is 12.4 Å². The number of nitrogens with one attached hydrogen (secondary N) is 1. The predicted molar refractivity (Wildman–Crippen MR) is 86.9 cm³/mol. The summed E-state index contributed by atoms with van der Waals surface area (Å²) in [6.45, 7) is 2.36. The van der Waals surface area contributed by atoms with Crippen molar-refractivity contribution < 1.29 is 14.3 Å². The Labute approximate surface area is 136 Å². The van der Waals surface area contributed by atoms with Crippen molar-refractivity contribution in [1.82, 2.24) is 15.0 Å². The van der Waals surface area contributed by atoms with Crippen molar-refractivity contribution in [3.63, 3.8) is 0 Å². The van der Waals surface area contributed by atoms with Crippen LogP contribution in [0.5, 0.6) is 11.8 Å². The van der Waals surface area contributed by atoms with Crippen LogP contribution >= 0.6 is 11.3 Å². The smallest absolute Gasteiger partial charge is 0.316 e. The molecule has 0 unspecified atom stereocenters. The van der Waals surface area contributed by atoms with Gasteiger partial charge in [0.05, 0.1) is 16.8 Å². The second kappa shape index (κ2) is 7.01. The lowest BCUT2D eigenvalue weighted by Crippen LogP contribution is -2.20. The number of carbonyl (C=O) groups excluding carboxylic acids is 1. The molecule has 0 aliphatic heterocycles. The van der Waals surface area contributed by atoms with E-state index in [0.29, 0.717) is 11.7 Å². The molecule has 0 aliphatic carbocycles. The van der Waals surface area contributed by atoms with Crippen molar-refractivity contribution >= 4 is 32.6 Å². The molecule has 23 heavy (non-hydrogen) atoms. The molecule has 0 saturated carbocycles. The third kappa shape index (κ3) is 3.92. The first-order chi connectivity index (χ1) is 11.2. The Morgan fingerprint density at radius 3 is 2.87 bits per heavy atom. The minimum atomic E-state index is -0.318. The van der Waals surface area contributed by atoms with Gasteiger partial charge in [0.2, 0.25) is 0 Å². The normalized spacial score (nSPS) is 10.5. The molecule has 118 valence electrons. The highest BCUT2D eigenvalue weighted by atomic mass is 32.1. The van der Waals surface area contributed by atoms with Gasteiger partial charge in [-0.25, -0.2) is 15.0 Å². The molecule has 1 N–H and O–H groups in total. The number of benzene rings is 1. The van der Waals surface area contributed by atoms with Gasteiger partial charge < -0.3 is 9.47 Å². The average Bonchev–Trinajstić information content (AvgIpc) is 2.95. The molecular weight excluding hydrogens is 316 g/mol. The van der Waals surface area contributed by atoms with Crippen LogP contribution in [-0.2, 0) is 4.79 Å². The summed E-state index contributed by atoms with van der Waals surface area (Å²) in [7, 11) is 0. The van der Waals surface area contributed by atoms with E-state index in [0.717, 1.165) is 16.0 Å². The predicted octanol–water partition coefficient (Wildman–Crippen LogP) is 2.50. The third-order valence-corrected chi connectivity index (χ3v) is 3.73. The summed E-state index contributed by atoms with van der Waals surface area (Å²) >= 11 is 1.38. The van der Waals surface area contributed by atoms with E-state index in [2.05, 4.69) is 20.3 Å². The summed E-state index contributed by atoms with van der Waals surface area (Å²) in [5.41, 5.74) is 0.807. The highest BCUT2D eigenvalue weighted by Crippen LogP contribution is 2.29. The molecule has 0 atom stereocenters. The van der Waals surface area contributed by atoms with E-state index in [-0.39, 0.29) is 18.5 Å². The lowest BCUT2D eigenvalue weighted by atomic mass is 10.3. The zero-order valence-corrected chi connectivity index (χ0v) is 13.2. The number of hydrogen-bond donors (Lipinski definition) is 1. The Morgan fingerprint density at radius 2 is 2.09 bits per heavy atom. The van der Waals surface area contributed by atoms with Crippen LogP contribution in [0.2, 0.25) is 0 Å². The maximum absolute atomic E-state index is 11.9. The van der Waals surface area contributed by atoms with E-state index < -0.39 is 0 Å². The van der Waals surface area contributed by atoms with Gasteiger partial charge in [0.25, 0.3) is 5.91 Å². The molecule has 3 rings (SSSR count). The lowest BCUT2D eigenvalue weighted by Gasteiger charge is -2.02. The van der Waals surface area contributed by atoms with Gasteiger partial charge in [0.1, 0.15) is 5.75 Å². The monoisotopic (exact) mass is 330 g/mol. The fraction of sp³-hybridized carbons (Fsp3) is 0.200. The first-order valence-electron chi connectivity index (χ1n) is 6.97. The molecule has 0 radical (unpaired) electrons. The van der Waals surface area contributed by atoms with Crippen LogP contribution in [0.1, 0.15) is 6.92 Å². The molecule has 0 aliphatic rings. The van der Waals surface area contributed by atoms with E-state index in [1.807, 2.05) is 25.1 Å². The average molecular weight is 330 g/mol. The van der Waals surface area contributed by atoms with Crippen LogP contribution in [-0.4, -0.2) is 34.1 Å². The first kappa shape index (κ1) is 15.2. The number of nitrogens with zero attached hydrogens (tertiary/aromatic N) is 3. The summed E-state index contributed by atoms with van der Waals surface area (Å²) in [4.78, 5) is 24.0. The number of aromatic nitrogens is 3. The second-order valence-electron chi connectivity index (χ2n) is 4.45. The Bertz CT molecular complexity index is 807. The molecule has 0 fully saturated rings. The molecule has 0 saturated heterocycles. The molecule has 2 aromatic heterocycles. The van der Waals surface area contributed by atoms with Crippen molar-refractivity contribution in [1.29, 1.82) is 0 Å². The Morgan fingerprint density at radius 1 is 1.26 bits per heavy atom. The van der Waals surface area contributed by atoms with E-state index in [1.54, 1.807) is 18.5 Å². The maximum Gasteiger partial charge on any atom is 0.316 e. The van der Waals surface area contributed by atoms with Crippen LogP contribution in [0.15, 0.2) is 36.7 Å². The lowest BCUT2D eigenvalue weighted by molar-refractivity contribution is -0.118. The quantitative estimate of drug-likeness (QED) is 0.747. The molecule has 2 heterocycles. The van der Waals surface area contributed by atoms with Crippen LogP contribution in [0.4, 0.5) is 5.13 Å². The highest BCUT2D eigenvalue weighted by Gasteiger charge is 2.10. The van der Waals surface area contributed by atoms with E-state index in [9.17, 15) is 4.79 Å². The molecular formula is C15H14N4O3S. The molecule has 1 amide bonds. The van der Waals surface area contributed by atoms with E-state index in [4.69, 9.17) is 9.47 Å². The summed E-state index contributed by atoms with van der Waals surface area (Å²) in [5, 5.41) is 3.21. The molecule has 3 aromatic rings. The maximum atomic E-state index is 11.9. The van der Waals surface area contributed by atoms with Gasteiger partial charge in [-0.15, -0.1) is 0 Å². The SMILES string of the molecule is CCOc1ccc2nc(NC(=O)COc3ncccn3)sc2c1. The molecule has 7 nitrogen and oxygen atoms in total. The standard InChI is InChI=1S/C15H14N4O3S/c1-2-21-10-4-5-11-12(8-10)23-15(18-11)19-13(20)9-22-14-16-6-3-7-17-14/h3-8H,2,9H2,1H3,(H,18,19,20). The molecule has 8 heteroatoms. The number of thiazole rings is 1.